The maximum Gasteiger partial charge on any atom is 0.271 e. The Kier molecular flexibility index (Phi) is 7.21. The van der Waals surface area contributed by atoms with E-state index in [-0.39, 0.29) is 11.6 Å². The first-order valence-corrected chi connectivity index (χ1v) is 14.5. The molecule has 1 unspecified atom stereocenters. The van der Waals surface area contributed by atoms with E-state index in [9.17, 15) is 4.79 Å². The van der Waals surface area contributed by atoms with Crippen LogP contribution in [0.1, 0.15) is 34.7 Å². The molecule has 0 spiro atoms. The predicted octanol–water partition coefficient (Wildman–Crippen LogP) is 5.66. The molecule has 1 aliphatic carbocycles. The highest BCUT2D eigenvalue weighted by Gasteiger charge is 2.32. The highest BCUT2D eigenvalue weighted by Crippen LogP contribution is 2.42. The second-order valence-electron chi connectivity index (χ2n) is 9.52. The Bertz CT molecular complexity index is 1850. The zero-order chi connectivity index (χ0) is 27.8. The number of nitrogens with zero attached hydrogens (tertiary/aromatic N) is 2. The molecule has 6 nitrogen and oxygen atoms in total. The SMILES string of the molecule is C=CCOc1c(Br)cc(C=c2sc3n(c2=O)C(c2cccc(OC)c2)C2=C(N=3)c3ccccc3CC2)cc1OC. The second kappa shape index (κ2) is 10.9. The molecule has 0 amide bonds. The van der Waals surface area contributed by atoms with Crippen LogP contribution in [-0.2, 0) is 6.42 Å². The van der Waals surface area contributed by atoms with Crippen LogP contribution < -0.4 is 29.1 Å². The Morgan fingerprint density at radius 3 is 2.75 bits per heavy atom. The summed E-state index contributed by atoms with van der Waals surface area (Å²) in [4.78, 5) is 19.8. The molecule has 40 heavy (non-hydrogen) atoms. The van der Waals surface area contributed by atoms with Crippen LogP contribution >= 0.6 is 27.3 Å². The second-order valence-corrected chi connectivity index (χ2v) is 11.4. The number of halogens is 1. The smallest absolute Gasteiger partial charge is 0.271 e. The summed E-state index contributed by atoms with van der Waals surface area (Å²) in [6, 6.07) is 19.9. The molecule has 3 aromatic carbocycles. The first kappa shape index (κ1) is 26.3. The number of allylic oxidation sites excluding steroid dienone is 1. The van der Waals surface area contributed by atoms with Crippen molar-refractivity contribution in [1.29, 1.82) is 0 Å². The highest BCUT2D eigenvalue weighted by molar-refractivity contribution is 9.10. The van der Waals surface area contributed by atoms with E-state index >= 15 is 0 Å². The van der Waals surface area contributed by atoms with E-state index in [1.807, 2.05) is 47.0 Å². The Labute approximate surface area is 244 Å². The number of thiazole rings is 1. The zero-order valence-corrected chi connectivity index (χ0v) is 24.6. The lowest BCUT2D eigenvalue weighted by atomic mass is 9.83. The van der Waals surface area contributed by atoms with Crippen LogP contribution in [0.3, 0.4) is 0 Å². The van der Waals surface area contributed by atoms with Crippen LogP contribution in [0.25, 0.3) is 11.8 Å². The monoisotopic (exact) mass is 614 g/mol. The van der Waals surface area contributed by atoms with E-state index in [2.05, 4.69) is 46.8 Å². The summed E-state index contributed by atoms with van der Waals surface area (Å²) in [6.07, 6.45) is 5.30. The molecule has 0 fully saturated rings. The van der Waals surface area contributed by atoms with Crippen molar-refractivity contribution < 1.29 is 14.2 Å². The first-order valence-electron chi connectivity index (χ1n) is 12.9. The fraction of sp³-hybridized carbons (Fsp3) is 0.188. The Morgan fingerprint density at radius 2 is 1.95 bits per heavy atom. The number of hydrogen-bond donors (Lipinski definition) is 0. The molecule has 2 aliphatic rings. The third kappa shape index (κ3) is 4.61. The van der Waals surface area contributed by atoms with Crippen molar-refractivity contribution in [1.82, 2.24) is 4.57 Å². The fourth-order valence-corrected chi connectivity index (χ4v) is 6.97. The predicted molar refractivity (Wildman–Crippen MR) is 162 cm³/mol. The lowest BCUT2D eigenvalue weighted by Crippen LogP contribution is -2.38. The van der Waals surface area contributed by atoms with Crippen LogP contribution in [0, 0.1) is 0 Å². The van der Waals surface area contributed by atoms with E-state index in [1.165, 1.54) is 16.9 Å². The number of benzene rings is 3. The Morgan fingerprint density at radius 1 is 1.10 bits per heavy atom. The van der Waals surface area contributed by atoms with Gasteiger partial charge < -0.3 is 14.2 Å². The maximum absolute atomic E-state index is 14.1. The van der Waals surface area contributed by atoms with Crippen molar-refractivity contribution in [2.45, 2.75) is 18.9 Å². The van der Waals surface area contributed by atoms with Gasteiger partial charge >= 0.3 is 0 Å². The number of methoxy groups -OCH3 is 2. The van der Waals surface area contributed by atoms with Crippen molar-refractivity contribution in [2.75, 3.05) is 20.8 Å². The molecule has 4 aromatic rings. The minimum absolute atomic E-state index is 0.0796. The maximum atomic E-state index is 14.1. The fourth-order valence-electron chi connectivity index (χ4n) is 5.39. The molecule has 6 rings (SSSR count). The summed E-state index contributed by atoms with van der Waals surface area (Å²) in [5.74, 6) is 1.91. The number of rotatable bonds is 7. The normalized spacial score (nSPS) is 16.0. The Hall–Kier alpha value is -3.88. The van der Waals surface area contributed by atoms with Crippen LogP contribution in [0.5, 0.6) is 17.2 Å². The molecule has 1 aromatic heterocycles. The minimum Gasteiger partial charge on any atom is -0.497 e. The van der Waals surface area contributed by atoms with Gasteiger partial charge in [0.1, 0.15) is 12.4 Å². The van der Waals surface area contributed by atoms with Gasteiger partial charge in [-0.05, 0) is 81.4 Å². The molecule has 202 valence electrons. The molecule has 1 aliphatic heterocycles. The highest BCUT2D eigenvalue weighted by atomic mass is 79.9. The summed E-state index contributed by atoms with van der Waals surface area (Å²) < 4.78 is 20.1. The van der Waals surface area contributed by atoms with Crippen molar-refractivity contribution in [3.05, 3.63) is 125 Å². The van der Waals surface area contributed by atoms with Crippen LogP contribution in [0.15, 0.2) is 93.2 Å². The summed E-state index contributed by atoms with van der Waals surface area (Å²) in [6.45, 7) is 4.06. The van der Waals surface area contributed by atoms with Crippen LogP contribution in [0.4, 0.5) is 0 Å². The van der Waals surface area contributed by atoms with Gasteiger partial charge in [-0.25, -0.2) is 4.99 Å². The number of ether oxygens (including phenoxy) is 3. The molecule has 0 saturated carbocycles. The van der Waals surface area contributed by atoms with Gasteiger partial charge in [-0.1, -0.05) is 60.4 Å². The summed E-state index contributed by atoms with van der Waals surface area (Å²) in [7, 11) is 3.25. The van der Waals surface area contributed by atoms with Gasteiger partial charge in [0.05, 0.1) is 35.0 Å². The van der Waals surface area contributed by atoms with E-state index < -0.39 is 0 Å². The van der Waals surface area contributed by atoms with E-state index in [4.69, 9.17) is 19.2 Å². The molecule has 0 bridgehead atoms. The van der Waals surface area contributed by atoms with Gasteiger partial charge in [-0.15, -0.1) is 0 Å². The van der Waals surface area contributed by atoms with E-state index in [1.54, 1.807) is 20.3 Å². The molecule has 8 heteroatoms. The number of aromatic nitrogens is 1. The molecule has 1 atom stereocenters. The molecule has 0 saturated heterocycles. The van der Waals surface area contributed by atoms with Gasteiger partial charge in [0.2, 0.25) is 0 Å². The van der Waals surface area contributed by atoms with Crippen molar-refractivity contribution >= 4 is 39.0 Å². The lowest BCUT2D eigenvalue weighted by molar-refractivity contribution is 0.324. The third-order valence-electron chi connectivity index (χ3n) is 7.18. The van der Waals surface area contributed by atoms with Crippen molar-refractivity contribution in [3.63, 3.8) is 0 Å². The van der Waals surface area contributed by atoms with E-state index in [0.29, 0.717) is 27.4 Å². The molecular formula is C32H27BrN2O4S. The average Bonchev–Trinajstić information content (AvgIpc) is 3.29. The van der Waals surface area contributed by atoms with Crippen LogP contribution in [-0.4, -0.2) is 25.4 Å². The molecular weight excluding hydrogens is 588 g/mol. The number of hydrogen-bond acceptors (Lipinski definition) is 6. The number of fused-ring (bicyclic) bond motifs is 3. The number of aryl methyl sites for hydroxylation is 1. The van der Waals surface area contributed by atoms with Gasteiger partial charge in [0, 0.05) is 5.56 Å². The van der Waals surface area contributed by atoms with Gasteiger partial charge in [0.25, 0.3) is 5.56 Å². The van der Waals surface area contributed by atoms with Crippen molar-refractivity contribution in [3.8, 4) is 17.2 Å². The molecule has 0 N–H and O–H groups in total. The van der Waals surface area contributed by atoms with Crippen LogP contribution in [0.2, 0.25) is 0 Å². The standard InChI is InChI=1S/C32H27BrN2O4S/c1-4-14-39-30-25(33)15-19(16-26(30)38-3)17-27-31(36)35-29(21-9-7-10-22(18-21)37-2)24-13-12-20-8-5-6-11-23(20)28(24)34-32(35)40-27/h4-11,15-18,29H,1,12-14H2,2-3H3. The summed E-state index contributed by atoms with van der Waals surface area (Å²) >= 11 is 4.99. The quantitative estimate of drug-likeness (QED) is 0.252. The summed E-state index contributed by atoms with van der Waals surface area (Å²) in [5, 5.41) is 0. The summed E-state index contributed by atoms with van der Waals surface area (Å²) in [5.41, 5.74) is 6.27. The molecule has 0 radical (unpaired) electrons. The zero-order valence-electron chi connectivity index (χ0n) is 22.1. The van der Waals surface area contributed by atoms with Gasteiger partial charge in [-0.2, -0.15) is 0 Å². The van der Waals surface area contributed by atoms with Crippen molar-refractivity contribution in [2.24, 2.45) is 4.99 Å². The minimum atomic E-state index is -0.271. The third-order valence-corrected chi connectivity index (χ3v) is 8.75. The molecule has 2 heterocycles. The van der Waals surface area contributed by atoms with Gasteiger partial charge in [-0.3, -0.25) is 9.36 Å². The first-order chi connectivity index (χ1) is 19.5. The Balaban J connectivity index is 1.56. The van der Waals surface area contributed by atoms with E-state index in [0.717, 1.165) is 51.0 Å². The lowest BCUT2D eigenvalue weighted by Gasteiger charge is -2.31. The van der Waals surface area contributed by atoms with Gasteiger partial charge in [0.15, 0.2) is 16.3 Å². The average molecular weight is 616 g/mol. The topological polar surface area (TPSA) is 62.0 Å². The largest absolute Gasteiger partial charge is 0.497 e.